The van der Waals surface area contributed by atoms with E-state index in [1.165, 1.54) is 16.8 Å². The first-order valence-corrected chi connectivity index (χ1v) is 9.27. The van der Waals surface area contributed by atoms with Gasteiger partial charge in [0.05, 0.1) is 12.1 Å². The number of anilines is 1. The molecule has 1 saturated heterocycles. The molecule has 1 aliphatic carbocycles. The molecule has 1 atom stereocenters. The van der Waals surface area contributed by atoms with E-state index in [4.69, 9.17) is 0 Å². The van der Waals surface area contributed by atoms with Crippen LogP contribution in [0, 0.1) is 13.8 Å². The summed E-state index contributed by atoms with van der Waals surface area (Å²) < 4.78 is 0. The van der Waals surface area contributed by atoms with Crippen LogP contribution in [0.15, 0.2) is 24.4 Å². The fourth-order valence-corrected chi connectivity index (χ4v) is 4.18. The topological polar surface area (TPSA) is 52.2 Å². The van der Waals surface area contributed by atoms with Crippen LogP contribution in [0.1, 0.15) is 41.1 Å². The lowest BCUT2D eigenvalue weighted by Gasteiger charge is -2.38. The van der Waals surface area contributed by atoms with Crippen LogP contribution in [0.3, 0.4) is 0 Å². The van der Waals surface area contributed by atoms with E-state index in [0.29, 0.717) is 0 Å². The van der Waals surface area contributed by atoms with Crippen molar-refractivity contribution in [3.05, 3.63) is 46.8 Å². The highest BCUT2D eigenvalue weighted by Crippen LogP contribution is 2.32. The van der Waals surface area contributed by atoms with Crippen LogP contribution in [-0.4, -0.2) is 47.2 Å². The van der Waals surface area contributed by atoms with E-state index in [2.05, 4.69) is 47.1 Å². The molecule has 132 valence electrons. The van der Waals surface area contributed by atoms with Crippen molar-refractivity contribution in [2.24, 2.45) is 0 Å². The second kappa shape index (κ2) is 6.54. The molecular formula is C20H26N4O. The summed E-state index contributed by atoms with van der Waals surface area (Å²) in [6.07, 6.45) is 4.87. The highest BCUT2D eigenvalue weighted by atomic mass is 16.2. The monoisotopic (exact) mass is 338 g/mol. The van der Waals surface area contributed by atoms with Gasteiger partial charge in [-0.3, -0.25) is 9.89 Å². The van der Waals surface area contributed by atoms with Gasteiger partial charge in [0.15, 0.2) is 0 Å². The Morgan fingerprint density at radius 3 is 2.80 bits per heavy atom. The highest BCUT2D eigenvalue weighted by molar-refractivity contribution is 5.84. The number of aromatic nitrogens is 2. The molecule has 1 unspecified atom stereocenters. The van der Waals surface area contributed by atoms with Gasteiger partial charge in [-0.25, -0.2) is 0 Å². The molecule has 5 nitrogen and oxygen atoms in total. The predicted octanol–water partition coefficient (Wildman–Crippen LogP) is 2.80. The van der Waals surface area contributed by atoms with Crippen LogP contribution in [0.4, 0.5) is 5.69 Å². The van der Waals surface area contributed by atoms with Crippen molar-refractivity contribution in [2.45, 2.75) is 39.0 Å². The number of hydrogen-bond donors (Lipinski definition) is 1. The number of amides is 1. The van der Waals surface area contributed by atoms with E-state index in [1.807, 2.05) is 11.1 Å². The summed E-state index contributed by atoms with van der Waals surface area (Å²) in [4.78, 5) is 17.5. The lowest BCUT2D eigenvalue weighted by atomic mass is 9.86. The molecule has 25 heavy (non-hydrogen) atoms. The third kappa shape index (κ3) is 2.92. The van der Waals surface area contributed by atoms with Crippen molar-refractivity contribution >= 4 is 11.6 Å². The molecule has 0 radical (unpaired) electrons. The number of nitrogens with zero attached hydrogens (tertiary/aromatic N) is 3. The van der Waals surface area contributed by atoms with Crippen LogP contribution >= 0.6 is 0 Å². The number of piperazine rings is 1. The van der Waals surface area contributed by atoms with Gasteiger partial charge in [-0.15, -0.1) is 0 Å². The fourth-order valence-electron chi connectivity index (χ4n) is 4.18. The Hall–Kier alpha value is -2.30. The molecule has 1 fully saturated rings. The number of carbonyl (C=O) groups excluding carboxylic acids is 1. The molecule has 1 aromatic carbocycles. The van der Waals surface area contributed by atoms with Gasteiger partial charge in [-0.05, 0) is 50.3 Å². The average Bonchev–Trinajstić information content (AvgIpc) is 3.12. The molecule has 0 spiro atoms. The maximum absolute atomic E-state index is 13.0. The minimum atomic E-state index is -0.00486. The Morgan fingerprint density at radius 2 is 2.00 bits per heavy atom. The van der Waals surface area contributed by atoms with Gasteiger partial charge >= 0.3 is 0 Å². The third-order valence-corrected chi connectivity index (χ3v) is 5.85. The Kier molecular flexibility index (Phi) is 4.24. The quantitative estimate of drug-likeness (QED) is 0.916. The number of aryl methyl sites for hydroxylation is 2. The summed E-state index contributed by atoms with van der Waals surface area (Å²) in [6, 6.07) is 6.47. The summed E-state index contributed by atoms with van der Waals surface area (Å²) in [7, 11) is 0. The average molecular weight is 338 g/mol. The van der Waals surface area contributed by atoms with Crippen molar-refractivity contribution in [1.82, 2.24) is 15.1 Å². The fraction of sp³-hybridized carbons (Fsp3) is 0.500. The van der Waals surface area contributed by atoms with Crippen LogP contribution in [0.25, 0.3) is 0 Å². The molecule has 0 bridgehead atoms. The molecule has 0 saturated carbocycles. The Labute approximate surface area is 149 Å². The lowest BCUT2D eigenvalue weighted by Crippen LogP contribution is -2.50. The van der Waals surface area contributed by atoms with Gasteiger partial charge in [-0.1, -0.05) is 12.1 Å². The van der Waals surface area contributed by atoms with Crippen LogP contribution in [-0.2, 0) is 11.2 Å². The van der Waals surface area contributed by atoms with Crippen molar-refractivity contribution in [3.8, 4) is 0 Å². The molecule has 1 amide bonds. The Bertz CT molecular complexity index is 774. The van der Waals surface area contributed by atoms with E-state index in [1.54, 1.807) is 0 Å². The first-order chi connectivity index (χ1) is 12.1. The molecule has 2 aromatic rings. The third-order valence-electron chi connectivity index (χ3n) is 5.85. The number of nitrogens with one attached hydrogen (secondary N) is 1. The number of benzene rings is 1. The predicted molar refractivity (Wildman–Crippen MR) is 99.0 cm³/mol. The van der Waals surface area contributed by atoms with Gasteiger partial charge in [-0.2, -0.15) is 5.10 Å². The molecule has 5 heteroatoms. The largest absolute Gasteiger partial charge is 0.368 e. The van der Waals surface area contributed by atoms with Crippen LogP contribution in [0.5, 0.6) is 0 Å². The van der Waals surface area contributed by atoms with Gasteiger partial charge in [0.1, 0.15) is 0 Å². The Balaban J connectivity index is 1.44. The first-order valence-electron chi connectivity index (χ1n) is 9.27. The summed E-state index contributed by atoms with van der Waals surface area (Å²) in [5, 5.41) is 7.20. The zero-order valence-electron chi connectivity index (χ0n) is 15.1. The minimum absolute atomic E-state index is 0.00486. The first kappa shape index (κ1) is 16.2. The number of H-pyrrole nitrogens is 1. The van der Waals surface area contributed by atoms with Crippen molar-refractivity contribution in [3.63, 3.8) is 0 Å². The smallest absolute Gasteiger partial charge is 0.230 e. The minimum Gasteiger partial charge on any atom is -0.368 e. The van der Waals surface area contributed by atoms with E-state index in [0.717, 1.165) is 56.7 Å². The van der Waals surface area contributed by atoms with Gasteiger partial charge in [0, 0.05) is 43.1 Å². The zero-order valence-corrected chi connectivity index (χ0v) is 15.1. The highest BCUT2D eigenvalue weighted by Gasteiger charge is 2.32. The molecule has 2 heterocycles. The molecule has 4 rings (SSSR count). The number of hydrogen-bond acceptors (Lipinski definition) is 3. The second-order valence-corrected chi connectivity index (χ2v) is 7.28. The van der Waals surface area contributed by atoms with Crippen molar-refractivity contribution < 1.29 is 4.79 Å². The number of rotatable bonds is 2. The van der Waals surface area contributed by atoms with Crippen LogP contribution in [0.2, 0.25) is 0 Å². The number of carbonyl (C=O) groups is 1. The summed E-state index contributed by atoms with van der Waals surface area (Å²) in [5.41, 5.74) is 6.25. The van der Waals surface area contributed by atoms with E-state index < -0.39 is 0 Å². The molecule has 1 aliphatic heterocycles. The molecule has 1 aromatic heterocycles. The normalized spacial score (nSPS) is 20.5. The second-order valence-electron chi connectivity index (χ2n) is 7.28. The summed E-state index contributed by atoms with van der Waals surface area (Å²) in [5.74, 6) is 0.276. The number of fused-ring (bicyclic) bond motifs is 1. The molecule has 1 N–H and O–H groups in total. The van der Waals surface area contributed by atoms with Crippen LogP contribution < -0.4 is 4.90 Å². The van der Waals surface area contributed by atoms with E-state index in [9.17, 15) is 4.79 Å². The Morgan fingerprint density at radius 1 is 1.20 bits per heavy atom. The summed E-state index contributed by atoms with van der Waals surface area (Å²) >= 11 is 0. The van der Waals surface area contributed by atoms with Gasteiger partial charge in [0.25, 0.3) is 0 Å². The molecular weight excluding hydrogens is 312 g/mol. The summed E-state index contributed by atoms with van der Waals surface area (Å²) in [6.45, 7) is 7.75. The maximum Gasteiger partial charge on any atom is 0.230 e. The SMILES string of the molecule is Cc1cccc(N2CCN(C(=O)C3CCCc4[nH]ncc43)CC2)c1C. The zero-order chi connectivity index (χ0) is 17.4. The lowest BCUT2D eigenvalue weighted by molar-refractivity contribution is -0.133. The van der Waals surface area contributed by atoms with Crippen molar-refractivity contribution in [1.29, 1.82) is 0 Å². The van der Waals surface area contributed by atoms with E-state index >= 15 is 0 Å². The van der Waals surface area contributed by atoms with E-state index in [-0.39, 0.29) is 11.8 Å². The maximum atomic E-state index is 13.0. The van der Waals surface area contributed by atoms with Gasteiger partial charge < -0.3 is 9.80 Å². The molecule has 2 aliphatic rings. The van der Waals surface area contributed by atoms with Crippen molar-refractivity contribution in [2.75, 3.05) is 31.1 Å². The number of aromatic amines is 1. The van der Waals surface area contributed by atoms with Gasteiger partial charge in [0.2, 0.25) is 5.91 Å². The standard InChI is InChI=1S/C20H26N4O/c1-14-5-3-8-19(15(14)2)23-9-11-24(12-10-23)20(25)16-6-4-7-18-17(16)13-21-22-18/h3,5,8,13,16H,4,6-7,9-12H2,1-2H3,(H,21,22).